The topological polar surface area (TPSA) is 69.4 Å². The molecule has 6 nitrogen and oxygen atoms in total. The van der Waals surface area contributed by atoms with Gasteiger partial charge in [-0.25, -0.2) is 0 Å². The van der Waals surface area contributed by atoms with Gasteiger partial charge in [-0.15, -0.1) is 5.10 Å². The van der Waals surface area contributed by atoms with Gasteiger partial charge < -0.3 is 14.6 Å². The van der Waals surface area contributed by atoms with E-state index in [4.69, 9.17) is 14.6 Å². The smallest absolute Gasteiger partial charge is 0.134 e. The number of para-hydroxylation sites is 1. The lowest BCUT2D eigenvalue weighted by Crippen LogP contribution is -2.02. The van der Waals surface area contributed by atoms with Crippen molar-refractivity contribution in [1.82, 2.24) is 15.0 Å². The monoisotopic (exact) mass is 311 g/mol. The first-order chi connectivity index (χ1) is 11.3. The molecule has 1 aromatic heterocycles. The summed E-state index contributed by atoms with van der Waals surface area (Å²) in [6.45, 7) is 0.613. The molecule has 0 aliphatic carbocycles. The molecule has 0 fully saturated rings. The zero-order valence-electron chi connectivity index (χ0n) is 12.5. The summed E-state index contributed by atoms with van der Waals surface area (Å²) in [5.74, 6) is 1.41. The van der Waals surface area contributed by atoms with Gasteiger partial charge in [-0.3, -0.25) is 0 Å². The number of ether oxygens (including phenoxy) is 2. The lowest BCUT2D eigenvalue weighted by Gasteiger charge is -2.06. The number of benzene rings is 2. The van der Waals surface area contributed by atoms with Crippen LogP contribution in [0.25, 0.3) is 5.69 Å². The second-order valence-electron chi connectivity index (χ2n) is 4.79. The summed E-state index contributed by atoms with van der Waals surface area (Å²) in [6, 6.07) is 16.9. The van der Waals surface area contributed by atoms with E-state index in [-0.39, 0.29) is 13.2 Å². The first-order valence-corrected chi connectivity index (χ1v) is 7.28. The van der Waals surface area contributed by atoms with Gasteiger partial charge in [0.2, 0.25) is 0 Å². The molecule has 0 aliphatic heterocycles. The fraction of sp³-hybridized carbons (Fsp3) is 0.176. The Morgan fingerprint density at radius 1 is 0.913 bits per heavy atom. The van der Waals surface area contributed by atoms with Gasteiger partial charge in [0.25, 0.3) is 0 Å². The van der Waals surface area contributed by atoms with Gasteiger partial charge in [-0.05, 0) is 36.4 Å². The molecule has 23 heavy (non-hydrogen) atoms. The van der Waals surface area contributed by atoms with E-state index in [1.807, 2.05) is 42.5 Å². The molecule has 2 aromatic carbocycles. The summed E-state index contributed by atoms with van der Waals surface area (Å²) in [5.41, 5.74) is 1.65. The highest BCUT2D eigenvalue weighted by Crippen LogP contribution is 2.18. The van der Waals surface area contributed by atoms with E-state index in [9.17, 15) is 0 Å². The standard InChI is InChI=1S/C17H17N3O3/c21-10-11-22-16-6-8-17(9-7-16)23-13-14-12-18-20(19-14)15-4-2-1-3-5-15/h1-9,12,21H,10-11,13H2. The van der Waals surface area contributed by atoms with Crippen molar-refractivity contribution in [1.29, 1.82) is 0 Å². The van der Waals surface area contributed by atoms with Crippen molar-refractivity contribution in [2.45, 2.75) is 6.61 Å². The molecule has 3 rings (SSSR count). The summed E-state index contributed by atoms with van der Waals surface area (Å²) < 4.78 is 11.0. The summed E-state index contributed by atoms with van der Waals surface area (Å²) >= 11 is 0. The Hall–Kier alpha value is -2.86. The van der Waals surface area contributed by atoms with E-state index < -0.39 is 0 Å². The van der Waals surface area contributed by atoms with E-state index in [1.165, 1.54) is 0 Å². The molecule has 1 N–H and O–H groups in total. The average molecular weight is 311 g/mol. The molecule has 0 unspecified atom stereocenters. The summed E-state index contributed by atoms with van der Waals surface area (Å²) in [6.07, 6.45) is 1.69. The maximum atomic E-state index is 8.71. The van der Waals surface area contributed by atoms with Gasteiger partial charge in [-0.2, -0.15) is 9.90 Å². The number of hydrogen-bond acceptors (Lipinski definition) is 5. The predicted molar refractivity (Wildman–Crippen MR) is 84.7 cm³/mol. The van der Waals surface area contributed by atoms with Gasteiger partial charge in [-0.1, -0.05) is 18.2 Å². The molecule has 0 aliphatic rings. The van der Waals surface area contributed by atoms with Crippen LogP contribution in [-0.2, 0) is 6.61 Å². The number of aliphatic hydroxyl groups is 1. The predicted octanol–water partition coefficient (Wildman–Crippen LogP) is 2.22. The Labute approximate surface area is 133 Å². The quantitative estimate of drug-likeness (QED) is 0.724. The lowest BCUT2D eigenvalue weighted by atomic mass is 10.3. The van der Waals surface area contributed by atoms with E-state index in [1.54, 1.807) is 23.1 Å². The molecular weight excluding hydrogens is 294 g/mol. The summed E-state index contributed by atoms with van der Waals surface area (Å²) in [7, 11) is 0. The van der Waals surface area contributed by atoms with Crippen LogP contribution in [0.4, 0.5) is 0 Å². The minimum absolute atomic E-state index is 0.00464. The third-order valence-corrected chi connectivity index (χ3v) is 3.10. The van der Waals surface area contributed by atoms with Gasteiger partial charge >= 0.3 is 0 Å². The maximum absolute atomic E-state index is 8.71. The Bertz CT molecular complexity index is 726. The van der Waals surface area contributed by atoms with Crippen LogP contribution in [0.2, 0.25) is 0 Å². The van der Waals surface area contributed by atoms with Crippen LogP contribution < -0.4 is 9.47 Å². The van der Waals surface area contributed by atoms with Crippen LogP contribution in [0.3, 0.4) is 0 Å². The van der Waals surface area contributed by atoms with E-state index >= 15 is 0 Å². The fourth-order valence-corrected chi connectivity index (χ4v) is 2.00. The lowest BCUT2D eigenvalue weighted by molar-refractivity contribution is 0.201. The minimum atomic E-state index is -0.00464. The number of rotatable bonds is 7. The Kier molecular flexibility index (Phi) is 4.85. The zero-order chi connectivity index (χ0) is 15.9. The molecule has 0 saturated carbocycles. The molecule has 0 radical (unpaired) electrons. The van der Waals surface area contributed by atoms with Crippen LogP contribution in [0, 0.1) is 0 Å². The molecule has 118 valence electrons. The SMILES string of the molecule is OCCOc1ccc(OCc2cnn(-c3ccccc3)n2)cc1. The minimum Gasteiger partial charge on any atom is -0.491 e. The first kappa shape index (κ1) is 15.1. The van der Waals surface area contributed by atoms with Gasteiger partial charge in [0, 0.05) is 0 Å². The maximum Gasteiger partial charge on any atom is 0.134 e. The Balaban J connectivity index is 1.57. The third-order valence-electron chi connectivity index (χ3n) is 3.10. The summed E-state index contributed by atoms with van der Waals surface area (Å²) in [4.78, 5) is 1.57. The Morgan fingerprint density at radius 2 is 1.61 bits per heavy atom. The third kappa shape index (κ3) is 4.08. The van der Waals surface area contributed by atoms with Crippen molar-refractivity contribution in [2.24, 2.45) is 0 Å². The van der Waals surface area contributed by atoms with Crippen molar-refractivity contribution < 1.29 is 14.6 Å². The van der Waals surface area contributed by atoms with E-state index in [2.05, 4.69) is 10.2 Å². The zero-order valence-corrected chi connectivity index (χ0v) is 12.5. The summed E-state index contributed by atoms with van der Waals surface area (Å²) in [5, 5.41) is 17.3. The second kappa shape index (κ2) is 7.42. The normalized spacial score (nSPS) is 10.5. The highest BCUT2D eigenvalue weighted by molar-refractivity contribution is 5.31. The number of aromatic nitrogens is 3. The van der Waals surface area contributed by atoms with E-state index in [0.717, 1.165) is 17.1 Å². The van der Waals surface area contributed by atoms with Crippen molar-refractivity contribution in [3.8, 4) is 17.2 Å². The molecular formula is C17H17N3O3. The molecule has 0 bridgehead atoms. The Morgan fingerprint density at radius 3 is 2.30 bits per heavy atom. The number of aliphatic hydroxyl groups excluding tert-OH is 1. The molecule has 0 saturated heterocycles. The molecule has 0 amide bonds. The van der Waals surface area contributed by atoms with Gasteiger partial charge in [0.15, 0.2) is 0 Å². The number of nitrogens with zero attached hydrogens (tertiary/aromatic N) is 3. The largest absolute Gasteiger partial charge is 0.491 e. The molecule has 3 aromatic rings. The molecule has 0 atom stereocenters. The van der Waals surface area contributed by atoms with Crippen LogP contribution >= 0.6 is 0 Å². The highest BCUT2D eigenvalue weighted by Gasteiger charge is 2.04. The van der Waals surface area contributed by atoms with Crippen molar-refractivity contribution in [2.75, 3.05) is 13.2 Å². The van der Waals surface area contributed by atoms with Crippen LogP contribution in [0.15, 0.2) is 60.8 Å². The molecule has 6 heteroatoms. The van der Waals surface area contributed by atoms with Gasteiger partial charge in [0.05, 0.1) is 18.5 Å². The van der Waals surface area contributed by atoms with E-state index in [0.29, 0.717) is 12.4 Å². The van der Waals surface area contributed by atoms with Gasteiger partial charge in [0.1, 0.15) is 30.4 Å². The van der Waals surface area contributed by atoms with Crippen molar-refractivity contribution >= 4 is 0 Å². The average Bonchev–Trinajstić information content (AvgIpc) is 3.09. The second-order valence-corrected chi connectivity index (χ2v) is 4.79. The highest BCUT2D eigenvalue weighted by atomic mass is 16.5. The van der Waals surface area contributed by atoms with Crippen molar-refractivity contribution in [3.63, 3.8) is 0 Å². The first-order valence-electron chi connectivity index (χ1n) is 7.28. The molecule has 1 heterocycles. The van der Waals surface area contributed by atoms with Crippen LogP contribution in [0.5, 0.6) is 11.5 Å². The van der Waals surface area contributed by atoms with Crippen molar-refractivity contribution in [3.05, 3.63) is 66.5 Å². The number of hydrogen-bond donors (Lipinski definition) is 1. The molecule has 0 spiro atoms. The van der Waals surface area contributed by atoms with Crippen LogP contribution in [-0.4, -0.2) is 33.3 Å². The van der Waals surface area contributed by atoms with Crippen LogP contribution in [0.1, 0.15) is 5.69 Å². The fourth-order valence-electron chi connectivity index (χ4n) is 2.00.